The predicted molar refractivity (Wildman–Crippen MR) is 65.4 cm³/mol. The van der Waals surface area contributed by atoms with Gasteiger partial charge >= 0.3 is 0 Å². The minimum absolute atomic E-state index is 0.0487. The van der Waals surface area contributed by atoms with Gasteiger partial charge in [-0.3, -0.25) is 9.59 Å². The highest BCUT2D eigenvalue weighted by Gasteiger charge is 2.34. The van der Waals surface area contributed by atoms with Crippen LogP contribution in [-0.2, 0) is 4.79 Å². The molecule has 0 spiro atoms. The summed E-state index contributed by atoms with van der Waals surface area (Å²) < 4.78 is 5.74. The van der Waals surface area contributed by atoms with Crippen molar-refractivity contribution < 1.29 is 14.3 Å². The van der Waals surface area contributed by atoms with Crippen LogP contribution in [0.25, 0.3) is 0 Å². The molecule has 0 saturated heterocycles. The third kappa shape index (κ3) is 1.54. The second-order valence-corrected chi connectivity index (χ2v) is 4.37. The molecule has 2 unspecified atom stereocenters. The minimum atomic E-state index is -0.454. The molecule has 4 heteroatoms. The Morgan fingerprint density at radius 2 is 2.22 bits per heavy atom. The van der Waals surface area contributed by atoms with Gasteiger partial charge in [-0.1, -0.05) is 12.2 Å². The fourth-order valence-electron chi connectivity index (χ4n) is 2.36. The van der Waals surface area contributed by atoms with E-state index in [4.69, 9.17) is 10.5 Å². The number of amides is 1. The molecular weight excluding hydrogens is 230 g/mol. The van der Waals surface area contributed by atoms with Crippen molar-refractivity contribution in [3.63, 3.8) is 0 Å². The van der Waals surface area contributed by atoms with E-state index in [1.165, 1.54) is 0 Å². The first-order valence-corrected chi connectivity index (χ1v) is 5.64. The van der Waals surface area contributed by atoms with Crippen molar-refractivity contribution in [1.82, 2.24) is 0 Å². The van der Waals surface area contributed by atoms with Gasteiger partial charge in [-0.2, -0.15) is 0 Å². The number of carbonyl (C=O) groups is 2. The largest absolute Gasteiger partial charge is 0.485 e. The van der Waals surface area contributed by atoms with Gasteiger partial charge in [0.2, 0.25) is 5.91 Å². The molecule has 1 aliphatic carbocycles. The predicted octanol–water partition coefficient (Wildman–Crippen LogP) is 1.33. The summed E-state index contributed by atoms with van der Waals surface area (Å²) >= 11 is 0. The van der Waals surface area contributed by atoms with Gasteiger partial charge in [0.1, 0.15) is 18.1 Å². The number of nitrogens with two attached hydrogens (primary N) is 1. The number of hydrogen-bond donors (Lipinski definition) is 1. The maximum atomic E-state index is 11.2. The molecule has 90 valence electrons. The lowest BCUT2D eigenvalue weighted by atomic mass is 9.88. The molecular formula is C14H11NO3. The Bertz CT molecular complexity index is 601. The van der Waals surface area contributed by atoms with E-state index in [1.54, 1.807) is 30.4 Å². The zero-order valence-corrected chi connectivity index (χ0v) is 9.50. The molecule has 2 aliphatic rings. The molecule has 0 saturated carbocycles. The summed E-state index contributed by atoms with van der Waals surface area (Å²) in [6.07, 6.45) is 5.98. The molecule has 2 atom stereocenters. The molecule has 2 N–H and O–H groups in total. The number of aldehydes is 1. The van der Waals surface area contributed by atoms with Crippen molar-refractivity contribution in [3.8, 4) is 5.75 Å². The molecule has 1 heterocycles. The van der Waals surface area contributed by atoms with E-state index < -0.39 is 5.91 Å². The highest BCUT2D eigenvalue weighted by atomic mass is 16.5. The Morgan fingerprint density at radius 1 is 1.39 bits per heavy atom. The zero-order chi connectivity index (χ0) is 12.7. The summed E-state index contributed by atoms with van der Waals surface area (Å²) in [4.78, 5) is 22.0. The molecule has 3 rings (SSSR count). The number of primary amides is 1. The van der Waals surface area contributed by atoms with Gasteiger partial charge in [-0.25, -0.2) is 0 Å². The SMILES string of the molecule is NC(=O)C1=CC2c3cc(C=O)ccc3OC2C=C1. The third-order valence-electron chi connectivity index (χ3n) is 3.26. The Labute approximate surface area is 104 Å². The van der Waals surface area contributed by atoms with Crippen LogP contribution in [-0.4, -0.2) is 18.3 Å². The fourth-order valence-corrected chi connectivity index (χ4v) is 2.36. The zero-order valence-electron chi connectivity index (χ0n) is 9.50. The summed E-state index contributed by atoms with van der Waals surface area (Å²) in [5, 5.41) is 0. The average molecular weight is 241 g/mol. The second kappa shape index (κ2) is 3.84. The van der Waals surface area contributed by atoms with E-state index in [-0.39, 0.29) is 12.0 Å². The fraction of sp³-hybridized carbons (Fsp3) is 0.143. The van der Waals surface area contributed by atoms with Crippen LogP contribution < -0.4 is 10.5 Å². The first-order chi connectivity index (χ1) is 8.69. The van der Waals surface area contributed by atoms with Crippen LogP contribution in [0.3, 0.4) is 0 Å². The molecule has 4 nitrogen and oxygen atoms in total. The first kappa shape index (κ1) is 10.8. The van der Waals surface area contributed by atoms with Crippen molar-refractivity contribution in [2.75, 3.05) is 0 Å². The average Bonchev–Trinajstić information content (AvgIpc) is 2.75. The lowest BCUT2D eigenvalue weighted by Gasteiger charge is -2.16. The molecule has 18 heavy (non-hydrogen) atoms. The molecule has 1 aromatic carbocycles. The molecule has 1 aliphatic heterocycles. The van der Waals surface area contributed by atoms with E-state index in [9.17, 15) is 9.59 Å². The normalized spacial score (nSPS) is 23.7. The minimum Gasteiger partial charge on any atom is -0.485 e. The van der Waals surface area contributed by atoms with E-state index >= 15 is 0 Å². The van der Waals surface area contributed by atoms with Crippen LogP contribution in [0.15, 0.2) is 42.0 Å². The summed E-state index contributed by atoms with van der Waals surface area (Å²) in [5.74, 6) is 0.249. The Hall–Kier alpha value is -2.36. The topological polar surface area (TPSA) is 69.4 Å². The van der Waals surface area contributed by atoms with Crippen molar-refractivity contribution in [2.24, 2.45) is 5.73 Å². The monoisotopic (exact) mass is 241 g/mol. The number of carbonyl (C=O) groups excluding carboxylic acids is 2. The van der Waals surface area contributed by atoms with E-state index in [0.717, 1.165) is 17.6 Å². The van der Waals surface area contributed by atoms with Crippen LogP contribution in [0.5, 0.6) is 5.75 Å². The van der Waals surface area contributed by atoms with Crippen LogP contribution in [0.4, 0.5) is 0 Å². The van der Waals surface area contributed by atoms with E-state index in [2.05, 4.69) is 0 Å². The maximum absolute atomic E-state index is 11.2. The highest BCUT2D eigenvalue weighted by molar-refractivity contribution is 5.95. The molecule has 1 amide bonds. The van der Waals surface area contributed by atoms with Crippen LogP contribution in [0.2, 0.25) is 0 Å². The Kier molecular flexibility index (Phi) is 2.30. The number of ether oxygens (including phenoxy) is 1. The number of fused-ring (bicyclic) bond motifs is 3. The van der Waals surface area contributed by atoms with Gasteiger partial charge in [0.05, 0.1) is 0 Å². The van der Waals surface area contributed by atoms with Gasteiger partial charge in [-0.05, 0) is 24.3 Å². The summed E-state index contributed by atoms with van der Waals surface area (Å²) in [6, 6.07) is 5.29. The van der Waals surface area contributed by atoms with Gasteiger partial charge in [0.25, 0.3) is 0 Å². The number of hydrogen-bond acceptors (Lipinski definition) is 3. The second-order valence-electron chi connectivity index (χ2n) is 4.37. The molecule has 0 fully saturated rings. The molecule has 0 aromatic heterocycles. The van der Waals surface area contributed by atoms with Crippen LogP contribution >= 0.6 is 0 Å². The molecule has 1 aromatic rings. The lowest BCUT2D eigenvalue weighted by Crippen LogP contribution is -2.21. The van der Waals surface area contributed by atoms with Crippen LogP contribution in [0.1, 0.15) is 21.8 Å². The highest BCUT2D eigenvalue weighted by Crippen LogP contribution is 2.42. The quantitative estimate of drug-likeness (QED) is 0.794. The molecule has 0 radical (unpaired) electrons. The molecule has 0 bridgehead atoms. The van der Waals surface area contributed by atoms with Crippen LogP contribution in [0, 0.1) is 0 Å². The first-order valence-electron chi connectivity index (χ1n) is 5.64. The van der Waals surface area contributed by atoms with Gasteiger partial charge < -0.3 is 10.5 Å². The standard InChI is InChI=1S/C14H11NO3/c15-14(17)9-2-4-13-11(6-9)10-5-8(7-16)1-3-12(10)18-13/h1-7,11,13H,(H2,15,17). The maximum Gasteiger partial charge on any atom is 0.248 e. The van der Waals surface area contributed by atoms with Crippen molar-refractivity contribution in [3.05, 3.63) is 53.1 Å². The Morgan fingerprint density at radius 3 is 2.94 bits per heavy atom. The van der Waals surface area contributed by atoms with Gasteiger partial charge in [-0.15, -0.1) is 0 Å². The summed E-state index contributed by atoms with van der Waals surface area (Å²) in [5.41, 5.74) is 7.27. The van der Waals surface area contributed by atoms with E-state index in [1.807, 2.05) is 6.08 Å². The number of benzene rings is 1. The van der Waals surface area contributed by atoms with E-state index in [0.29, 0.717) is 11.1 Å². The van der Waals surface area contributed by atoms with Gasteiger partial charge in [0.15, 0.2) is 0 Å². The lowest BCUT2D eigenvalue weighted by molar-refractivity contribution is -0.114. The van der Waals surface area contributed by atoms with Crippen molar-refractivity contribution >= 4 is 12.2 Å². The van der Waals surface area contributed by atoms with Crippen molar-refractivity contribution in [1.29, 1.82) is 0 Å². The number of rotatable bonds is 2. The van der Waals surface area contributed by atoms with Crippen molar-refractivity contribution in [2.45, 2.75) is 12.0 Å². The Balaban J connectivity index is 2.06. The van der Waals surface area contributed by atoms with Gasteiger partial charge in [0, 0.05) is 22.6 Å². The third-order valence-corrected chi connectivity index (χ3v) is 3.26. The smallest absolute Gasteiger partial charge is 0.248 e. The summed E-state index contributed by atoms with van der Waals surface area (Å²) in [6.45, 7) is 0. The summed E-state index contributed by atoms with van der Waals surface area (Å²) in [7, 11) is 0.